The molecule has 1 aliphatic carbocycles. The van der Waals surface area contributed by atoms with E-state index in [1.807, 2.05) is 0 Å². The van der Waals surface area contributed by atoms with Crippen molar-refractivity contribution in [3.63, 3.8) is 0 Å². The summed E-state index contributed by atoms with van der Waals surface area (Å²) in [5.74, 6) is -4.38. The molecule has 67 heavy (non-hydrogen) atoms. The van der Waals surface area contributed by atoms with Crippen molar-refractivity contribution in [1.29, 1.82) is 0 Å². The number of halogens is 3. The van der Waals surface area contributed by atoms with Crippen molar-refractivity contribution in [1.82, 2.24) is 15.7 Å². The first-order valence-electron chi connectivity index (χ1n) is 23.3. The minimum absolute atomic E-state index is 0.0139. The second-order valence-electron chi connectivity index (χ2n) is 18.8. The first-order chi connectivity index (χ1) is 31.8. The number of nitrogens with zero attached hydrogens (tertiary/aromatic N) is 1. The highest BCUT2D eigenvalue weighted by molar-refractivity contribution is 5.95. The smallest absolute Gasteiger partial charge is 0.422 e. The number of aliphatic hydroxyl groups excluding tert-OH is 1. The molecule has 7 atom stereocenters. The molecule has 1 saturated carbocycles. The predicted octanol–water partition coefficient (Wildman–Crippen LogP) is 6.78. The predicted molar refractivity (Wildman–Crippen MR) is 236 cm³/mol. The van der Waals surface area contributed by atoms with Crippen LogP contribution < -0.4 is 10.6 Å². The third kappa shape index (κ3) is 12.8. The molecule has 4 aliphatic rings. The van der Waals surface area contributed by atoms with E-state index in [4.69, 9.17) is 23.8 Å². The van der Waals surface area contributed by atoms with Crippen LogP contribution in [0.15, 0.2) is 54.6 Å². The number of amides is 2. The average Bonchev–Trinajstić information content (AvgIpc) is 3.83. The van der Waals surface area contributed by atoms with Crippen molar-refractivity contribution in [3.05, 3.63) is 76.9 Å². The van der Waals surface area contributed by atoms with Gasteiger partial charge in [-0.2, -0.15) is 18.2 Å². The van der Waals surface area contributed by atoms with Crippen LogP contribution in [0.4, 0.5) is 13.2 Å². The topological polar surface area (TPSA) is 188 Å². The van der Waals surface area contributed by atoms with Crippen molar-refractivity contribution < 1.29 is 70.8 Å². The molecular weight excluding hydrogens is 880 g/mol. The van der Waals surface area contributed by atoms with Crippen LogP contribution in [0.2, 0.25) is 0 Å². The molecule has 3 aliphatic heterocycles. The van der Waals surface area contributed by atoms with E-state index in [2.05, 4.69) is 29.2 Å². The van der Waals surface area contributed by atoms with Gasteiger partial charge in [0.05, 0.1) is 19.2 Å². The minimum atomic E-state index is -4.70. The molecule has 15 nitrogen and oxygen atoms in total. The number of hydroxylamine groups is 2. The van der Waals surface area contributed by atoms with E-state index in [9.17, 15) is 37.5 Å². The van der Waals surface area contributed by atoms with Gasteiger partial charge in [-0.25, -0.2) is 4.79 Å². The van der Waals surface area contributed by atoms with Crippen LogP contribution in [0.1, 0.15) is 132 Å². The van der Waals surface area contributed by atoms with E-state index >= 15 is 4.79 Å². The number of esters is 3. The molecule has 2 aromatic rings. The van der Waals surface area contributed by atoms with E-state index in [-0.39, 0.29) is 37.9 Å². The normalized spacial score (nSPS) is 24.7. The number of hydrogen-bond acceptors (Lipinski definition) is 13. The number of hydrogen-bond donors (Lipinski definition) is 3. The molecule has 368 valence electrons. The Morgan fingerprint density at radius 2 is 1.67 bits per heavy atom. The highest BCUT2D eigenvalue weighted by atomic mass is 19.4. The van der Waals surface area contributed by atoms with Crippen LogP contribution in [0.25, 0.3) is 6.08 Å². The van der Waals surface area contributed by atoms with Crippen LogP contribution in [0.5, 0.6) is 0 Å². The molecular formula is C49H64F3N3O12. The van der Waals surface area contributed by atoms with Gasteiger partial charge in [-0.3, -0.25) is 24.0 Å². The van der Waals surface area contributed by atoms with Crippen molar-refractivity contribution >= 4 is 35.8 Å². The molecule has 0 unspecified atom stereocenters. The van der Waals surface area contributed by atoms with E-state index in [0.29, 0.717) is 29.5 Å². The second kappa shape index (κ2) is 22.0. The van der Waals surface area contributed by atoms with Gasteiger partial charge in [-0.15, -0.1) is 0 Å². The summed E-state index contributed by atoms with van der Waals surface area (Å²) in [7, 11) is 0. The van der Waals surface area contributed by atoms with Gasteiger partial charge in [-0.1, -0.05) is 75.9 Å². The monoisotopic (exact) mass is 943 g/mol. The van der Waals surface area contributed by atoms with Crippen molar-refractivity contribution in [2.75, 3.05) is 13.2 Å². The van der Waals surface area contributed by atoms with Crippen molar-refractivity contribution in [2.45, 2.75) is 172 Å². The highest BCUT2D eigenvalue weighted by Crippen LogP contribution is 2.58. The molecule has 3 saturated heterocycles. The highest BCUT2D eigenvalue weighted by Gasteiger charge is 2.76. The average molecular weight is 944 g/mol. The molecule has 3 N–H and O–H groups in total. The Labute approximate surface area is 389 Å². The molecule has 4 fully saturated rings. The first-order valence-corrected chi connectivity index (χ1v) is 23.3. The zero-order valence-electron chi connectivity index (χ0n) is 38.9. The molecule has 18 heteroatoms. The van der Waals surface area contributed by atoms with Gasteiger partial charge in [0.25, 0.3) is 5.91 Å². The molecule has 0 radical (unpaired) electrons. The number of benzene rings is 2. The zero-order chi connectivity index (χ0) is 48.6. The first kappa shape index (κ1) is 51.5. The van der Waals surface area contributed by atoms with E-state index < -0.39 is 102 Å². The maximum absolute atomic E-state index is 15.1. The standard InChI is InChI=1S/C49H64F3N3O12/c1-6-8-12-23-47(24-13-9-7-2)65-39-36-26-48(45(61)53-27-31-15-14-18-33(25-31)43(59)54-35(29-56)20-22-38(58)64-46(3,4)5)41(44(60)63-36)55(67-42(48)40(39)66-47)28-34-17-11-10-16-32(34)19-21-37(57)62-30-49(50,51)52/h10-11,14-19,21,25,35-36,39-42,56H,6-9,12-13,20,22-24,26-30H2,1-5H3,(H,53,61)(H,54,59)/t35-,36+,39-,40-,41+,42+,48+/m0/s1. The number of nitrogens with one attached hydrogen (secondary N) is 2. The molecule has 0 spiro atoms. The van der Waals surface area contributed by atoms with Gasteiger partial charge in [0.15, 0.2) is 18.4 Å². The van der Waals surface area contributed by atoms with E-state index in [1.54, 1.807) is 69.3 Å². The molecule has 2 aromatic carbocycles. The largest absolute Gasteiger partial charge is 0.460 e. The molecule has 2 amide bonds. The summed E-state index contributed by atoms with van der Waals surface area (Å²) in [5, 5.41) is 17.2. The number of ether oxygens (including phenoxy) is 5. The molecule has 2 bridgehead atoms. The van der Waals surface area contributed by atoms with Crippen LogP contribution in [0.3, 0.4) is 0 Å². The van der Waals surface area contributed by atoms with Crippen LogP contribution in [-0.2, 0) is 60.8 Å². The third-order valence-electron chi connectivity index (χ3n) is 12.5. The van der Waals surface area contributed by atoms with Crippen LogP contribution in [-0.4, -0.2) is 107 Å². The van der Waals surface area contributed by atoms with Gasteiger partial charge < -0.3 is 39.4 Å². The molecule has 0 aromatic heterocycles. The summed E-state index contributed by atoms with van der Waals surface area (Å²) in [5.41, 5.74) is -0.492. The Balaban J connectivity index is 1.26. The number of rotatable bonds is 22. The maximum Gasteiger partial charge on any atom is 0.422 e. The number of unbranched alkanes of at least 4 members (excludes halogenated alkanes) is 4. The number of carbonyl (C=O) groups excluding carboxylic acids is 5. The Bertz CT molecular complexity index is 2100. The number of carbonyl (C=O) groups is 5. The van der Waals surface area contributed by atoms with Crippen LogP contribution >= 0.6 is 0 Å². The minimum Gasteiger partial charge on any atom is -0.460 e. The number of aliphatic hydroxyl groups is 1. The lowest BCUT2D eigenvalue weighted by atomic mass is 9.62. The quantitative estimate of drug-likeness (QED) is 0.0486. The van der Waals surface area contributed by atoms with Gasteiger partial charge in [0, 0.05) is 43.9 Å². The number of alkyl halides is 3. The fourth-order valence-corrected chi connectivity index (χ4v) is 9.40. The Morgan fingerprint density at radius 1 is 0.970 bits per heavy atom. The van der Waals surface area contributed by atoms with E-state index in [0.717, 1.165) is 44.6 Å². The van der Waals surface area contributed by atoms with Gasteiger partial charge in [0.2, 0.25) is 5.91 Å². The maximum atomic E-state index is 15.1. The van der Waals surface area contributed by atoms with Crippen molar-refractivity contribution in [3.8, 4) is 0 Å². The summed E-state index contributed by atoms with van der Waals surface area (Å²) in [4.78, 5) is 74.1. The summed E-state index contributed by atoms with van der Waals surface area (Å²) in [6.45, 7) is 7.15. The fourth-order valence-electron chi connectivity index (χ4n) is 9.40. The zero-order valence-corrected chi connectivity index (χ0v) is 38.9. The Morgan fingerprint density at radius 3 is 2.34 bits per heavy atom. The SMILES string of the molecule is CCCCCC1(CCCCC)O[C@@H]2[C@H](O1)[C@H]1ON(Cc3ccccc3C=CC(=O)OCC(F)(F)F)[C@@H]3C(=O)O[C@@H]2C[C@]13C(=O)NCc1cccc(C(=O)N[C@H](CO)CCC(=O)OC(C)(C)C)c1. The lowest BCUT2D eigenvalue weighted by Gasteiger charge is -2.48. The number of fused-ring (bicyclic) bond motifs is 4. The van der Waals surface area contributed by atoms with Crippen LogP contribution in [0, 0.1) is 5.41 Å². The molecule has 3 heterocycles. The summed E-state index contributed by atoms with van der Waals surface area (Å²) in [6.07, 6.45) is 0.921. The Hall–Kier alpha value is -4.88. The van der Waals surface area contributed by atoms with Gasteiger partial charge >= 0.3 is 24.1 Å². The summed E-state index contributed by atoms with van der Waals surface area (Å²) < 4.78 is 67.8. The summed E-state index contributed by atoms with van der Waals surface area (Å²) >= 11 is 0. The van der Waals surface area contributed by atoms with Crippen molar-refractivity contribution in [2.24, 2.45) is 5.41 Å². The lowest BCUT2D eigenvalue weighted by molar-refractivity contribution is -0.224. The lowest BCUT2D eigenvalue weighted by Crippen LogP contribution is -2.69. The fraction of sp³-hybridized carbons (Fsp3) is 0.612. The van der Waals surface area contributed by atoms with Gasteiger partial charge in [-0.05, 0) is 74.9 Å². The second-order valence-corrected chi connectivity index (χ2v) is 18.8. The van der Waals surface area contributed by atoms with E-state index in [1.165, 1.54) is 11.1 Å². The molecule has 6 rings (SSSR count). The summed E-state index contributed by atoms with van der Waals surface area (Å²) in [6, 6.07) is 11.3. The van der Waals surface area contributed by atoms with Gasteiger partial charge in [0.1, 0.15) is 35.4 Å². The Kier molecular flexibility index (Phi) is 16.9. The third-order valence-corrected chi connectivity index (χ3v) is 12.5.